The van der Waals surface area contributed by atoms with E-state index in [9.17, 15) is 0 Å². The number of hydrogen-bond donors (Lipinski definition) is 0. The van der Waals surface area contributed by atoms with E-state index in [1.54, 1.807) is 0 Å². The Morgan fingerprint density at radius 3 is 2.35 bits per heavy atom. The number of hydrogen-bond acceptors (Lipinski definition) is 0. The second-order valence-electron chi connectivity index (χ2n) is 3.89. The molecule has 0 N–H and O–H groups in total. The molecule has 0 fully saturated rings. The zero-order valence-electron chi connectivity index (χ0n) is 9.25. The Hall–Kier alpha value is -0.500. The van der Waals surface area contributed by atoms with E-state index in [-0.39, 0.29) is 5.38 Å². The average molecular weight is 330 g/mol. The summed E-state index contributed by atoms with van der Waals surface area (Å²) in [7, 11) is 0. The molecule has 0 saturated heterocycles. The molecular formula is C14H11BrCl2. The van der Waals surface area contributed by atoms with Gasteiger partial charge >= 0.3 is 0 Å². The molecule has 0 nitrogen and oxygen atoms in total. The Balaban J connectivity index is 2.40. The first-order valence-electron chi connectivity index (χ1n) is 5.24. The Kier molecular flexibility index (Phi) is 4.13. The lowest BCUT2D eigenvalue weighted by Gasteiger charge is -2.13. The van der Waals surface area contributed by atoms with Crippen LogP contribution in [0.15, 0.2) is 46.9 Å². The number of aryl methyl sites for hydroxylation is 1. The minimum absolute atomic E-state index is 0.165. The monoisotopic (exact) mass is 328 g/mol. The molecule has 0 saturated carbocycles. The van der Waals surface area contributed by atoms with Crippen molar-refractivity contribution in [2.45, 2.75) is 12.3 Å². The third-order valence-electron chi connectivity index (χ3n) is 2.66. The molecule has 2 aromatic carbocycles. The van der Waals surface area contributed by atoms with E-state index in [1.165, 1.54) is 5.56 Å². The smallest absolute Gasteiger partial charge is 0.0846 e. The maximum Gasteiger partial charge on any atom is 0.0846 e. The van der Waals surface area contributed by atoms with Gasteiger partial charge in [0.2, 0.25) is 0 Å². The summed E-state index contributed by atoms with van der Waals surface area (Å²) in [5.41, 5.74) is 3.30. The van der Waals surface area contributed by atoms with Crippen LogP contribution in [0.2, 0.25) is 5.02 Å². The van der Waals surface area contributed by atoms with Crippen LogP contribution in [0.1, 0.15) is 22.1 Å². The van der Waals surface area contributed by atoms with Gasteiger partial charge in [-0.1, -0.05) is 57.9 Å². The molecule has 0 aliphatic heterocycles. The third-order valence-corrected chi connectivity index (χ3v) is 4.48. The van der Waals surface area contributed by atoms with E-state index >= 15 is 0 Å². The van der Waals surface area contributed by atoms with E-state index in [2.05, 4.69) is 28.9 Å². The van der Waals surface area contributed by atoms with Crippen molar-refractivity contribution < 1.29 is 0 Å². The summed E-state index contributed by atoms with van der Waals surface area (Å²) < 4.78 is 1.06. The van der Waals surface area contributed by atoms with E-state index in [0.29, 0.717) is 0 Å². The first-order chi connectivity index (χ1) is 8.09. The van der Waals surface area contributed by atoms with Crippen LogP contribution in [0.25, 0.3) is 0 Å². The molecule has 2 rings (SSSR count). The predicted molar refractivity (Wildman–Crippen MR) is 78.0 cm³/mol. The van der Waals surface area contributed by atoms with Gasteiger partial charge in [-0.15, -0.1) is 11.6 Å². The van der Waals surface area contributed by atoms with Crippen molar-refractivity contribution in [2.75, 3.05) is 0 Å². The summed E-state index contributed by atoms with van der Waals surface area (Å²) in [4.78, 5) is 0. The van der Waals surface area contributed by atoms with Crippen molar-refractivity contribution in [3.63, 3.8) is 0 Å². The van der Waals surface area contributed by atoms with Crippen LogP contribution >= 0.6 is 39.1 Å². The zero-order valence-corrected chi connectivity index (χ0v) is 12.4. The molecule has 0 amide bonds. The first-order valence-corrected chi connectivity index (χ1v) is 6.85. The predicted octanol–water partition coefficient (Wildman–Crippen LogP) is 5.74. The molecule has 0 spiro atoms. The van der Waals surface area contributed by atoms with Crippen molar-refractivity contribution >= 4 is 39.1 Å². The fraction of sp³-hybridized carbons (Fsp3) is 0.143. The topological polar surface area (TPSA) is 0 Å². The average Bonchev–Trinajstić information content (AvgIpc) is 2.33. The number of rotatable bonds is 2. The number of halogens is 3. The summed E-state index contributed by atoms with van der Waals surface area (Å²) in [5.74, 6) is 0. The zero-order chi connectivity index (χ0) is 12.4. The fourth-order valence-corrected chi connectivity index (χ4v) is 2.76. The van der Waals surface area contributed by atoms with Crippen molar-refractivity contribution in [2.24, 2.45) is 0 Å². The first kappa shape index (κ1) is 12.9. The largest absolute Gasteiger partial charge is 0.113 e. The van der Waals surface area contributed by atoms with Crippen molar-refractivity contribution in [3.8, 4) is 0 Å². The van der Waals surface area contributed by atoms with Gasteiger partial charge in [-0.2, -0.15) is 0 Å². The van der Waals surface area contributed by atoms with Gasteiger partial charge < -0.3 is 0 Å². The standard InChI is InChI=1S/C14H11BrCl2/c1-9-3-2-4-12(13(9)15)14(17)10-5-7-11(16)8-6-10/h2-8,14H,1H3. The number of benzene rings is 2. The van der Waals surface area contributed by atoms with Gasteiger partial charge in [0.05, 0.1) is 5.38 Å². The quantitative estimate of drug-likeness (QED) is 0.616. The van der Waals surface area contributed by atoms with Crippen molar-refractivity contribution in [3.05, 3.63) is 68.7 Å². The van der Waals surface area contributed by atoms with Gasteiger partial charge in [0.15, 0.2) is 0 Å². The molecule has 0 radical (unpaired) electrons. The fourth-order valence-electron chi connectivity index (χ4n) is 1.68. The van der Waals surface area contributed by atoms with E-state index < -0.39 is 0 Å². The summed E-state index contributed by atoms with van der Waals surface area (Å²) in [5, 5.41) is 0.558. The molecular weight excluding hydrogens is 319 g/mol. The van der Waals surface area contributed by atoms with Crippen LogP contribution in [0.3, 0.4) is 0 Å². The van der Waals surface area contributed by atoms with E-state index in [4.69, 9.17) is 23.2 Å². The summed E-state index contributed by atoms with van der Waals surface area (Å²) in [6.07, 6.45) is 0. The SMILES string of the molecule is Cc1cccc(C(Cl)c2ccc(Cl)cc2)c1Br. The molecule has 2 aromatic rings. The lowest BCUT2D eigenvalue weighted by Crippen LogP contribution is -1.95. The summed E-state index contributed by atoms with van der Waals surface area (Å²) in [6, 6.07) is 13.7. The summed E-state index contributed by atoms with van der Waals surface area (Å²) in [6.45, 7) is 2.05. The number of alkyl halides is 1. The molecule has 0 aliphatic rings. The second-order valence-corrected chi connectivity index (χ2v) is 5.56. The maximum absolute atomic E-state index is 6.49. The Labute approximate surface area is 120 Å². The second kappa shape index (κ2) is 5.43. The van der Waals surface area contributed by atoms with Crippen LogP contribution in [-0.2, 0) is 0 Å². The highest BCUT2D eigenvalue weighted by Crippen LogP contribution is 2.35. The Morgan fingerprint density at radius 1 is 1.06 bits per heavy atom. The Morgan fingerprint density at radius 2 is 1.71 bits per heavy atom. The minimum Gasteiger partial charge on any atom is -0.113 e. The molecule has 0 heterocycles. The highest BCUT2D eigenvalue weighted by molar-refractivity contribution is 9.10. The van der Waals surface area contributed by atoms with Gasteiger partial charge in [0.1, 0.15) is 0 Å². The lowest BCUT2D eigenvalue weighted by molar-refractivity contribution is 1.12. The molecule has 1 atom stereocenters. The van der Waals surface area contributed by atoms with Crippen molar-refractivity contribution in [1.82, 2.24) is 0 Å². The van der Waals surface area contributed by atoms with Gasteiger partial charge in [-0.25, -0.2) is 0 Å². The third kappa shape index (κ3) is 2.85. The lowest BCUT2D eigenvalue weighted by atomic mass is 10.0. The van der Waals surface area contributed by atoms with Crippen LogP contribution in [0.4, 0.5) is 0 Å². The normalized spacial score (nSPS) is 12.5. The van der Waals surface area contributed by atoms with Gasteiger partial charge in [0, 0.05) is 9.50 Å². The molecule has 0 aromatic heterocycles. The molecule has 3 heteroatoms. The van der Waals surface area contributed by atoms with Crippen LogP contribution in [-0.4, -0.2) is 0 Å². The Bertz CT molecular complexity index is 520. The van der Waals surface area contributed by atoms with E-state index in [1.807, 2.05) is 36.4 Å². The van der Waals surface area contributed by atoms with Gasteiger partial charge in [-0.3, -0.25) is 0 Å². The highest BCUT2D eigenvalue weighted by atomic mass is 79.9. The van der Waals surface area contributed by atoms with Gasteiger partial charge in [0.25, 0.3) is 0 Å². The van der Waals surface area contributed by atoms with Crippen LogP contribution in [0, 0.1) is 6.92 Å². The van der Waals surface area contributed by atoms with Crippen molar-refractivity contribution in [1.29, 1.82) is 0 Å². The highest BCUT2D eigenvalue weighted by Gasteiger charge is 2.14. The molecule has 17 heavy (non-hydrogen) atoms. The molecule has 0 aliphatic carbocycles. The van der Waals surface area contributed by atoms with Crippen LogP contribution in [0.5, 0.6) is 0 Å². The maximum atomic E-state index is 6.49. The molecule has 1 unspecified atom stereocenters. The van der Waals surface area contributed by atoms with Gasteiger partial charge in [-0.05, 0) is 35.7 Å². The summed E-state index contributed by atoms with van der Waals surface area (Å²) >= 11 is 15.9. The van der Waals surface area contributed by atoms with Crippen LogP contribution < -0.4 is 0 Å². The van der Waals surface area contributed by atoms with E-state index in [0.717, 1.165) is 20.6 Å². The molecule has 0 bridgehead atoms. The molecule has 88 valence electrons. The minimum atomic E-state index is -0.165.